The average molecular weight is 432 g/mol. The van der Waals surface area contributed by atoms with Crippen LogP contribution < -0.4 is 9.47 Å². The number of rotatable bonds is 4. The first-order valence-electron chi connectivity index (χ1n) is 9.92. The predicted octanol–water partition coefficient (Wildman–Crippen LogP) is 2.09. The molecule has 0 amide bonds. The Balaban J connectivity index is 1.78. The van der Waals surface area contributed by atoms with Gasteiger partial charge in [-0.1, -0.05) is 6.07 Å². The molecule has 31 heavy (non-hydrogen) atoms. The molecule has 2 aromatic rings. The van der Waals surface area contributed by atoms with Crippen molar-refractivity contribution in [2.45, 2.75) is 43.7 Å². The lowest BCUT2D eigenvalue weighted by atomic mass is 9.89. The van der Waals surface area contributed by atoms with Gasteiger partial charge in [-0.2, -0.15) is 0 Å². The normalized spacial score (nSPS) is 25.6. The van der Waals surface area contributed by atoms with E-state index in [1.807, 2.05) is 0 Å². The number of hydrogen-bond acceptors (Lipinski definition) is 9. The molecule has 2 aliphatic rings. The van der Waals surface area contributed by atoms with Crippen LogP contribution in [0, 0.1) is 0 Å². The van der Waals surface area contributed by atoms with E-state index in [-0.39, 0.29) is 60.0 Å². The van der Waals surface area contributed by atoms with Crippen LogP contribution >= 0.6 is 0 Å². The fraction of sp³-hybridized carbons (Fsp3) is 0.409. The highest BCUT2D eigenvalue weighted by Gasteiger charge is 2.39. The second-order valence-electron chi connectivity index (χ2n) is 7.75. The summed E-state index contributed by atoms with van der Waals surface area (Å²) in [6.45, 7) is -0.315. The first kappa shape index (κ1) is 21.2. The molecule has 2 aliphatic heterocycles. The van der Waals surface area contributed by atoms with Gasteiger partial charge in [0.15, 0.2) is 17.3 Å². The van der Waals surface area contributed by atoms with E-state index in [0.29, 0.717) is 5.56 Å². The van der Waals surface area contributed by atoms with Gasteiger partial charge in [-0.3, -0.25) is 4.79 Å². The number of aromatic hydroxyl groups is 3. The van der Waals surface area contributed by atoms with E-state index in [1.54, 1.807) is 12.1 Å². The summed E-state index contributed by atoms with van der Waals surface area (Å²) in [4.78, 5) is 12.9. The summed E-state index contributed by atoms with van der Waals surface area (Å²) in [5.74, 6) is -1.04. The molecule has 0 spiro atoms. The molecule has 5 N–H and O–H groups in total. The van der Waals surface area contributed by atoms with Crippen molar-refractivity contribution in [1.29, 1.82) is 0 Å². The summed E-state index contributed by atoms with van der Waals surface area (Å²) in [6.07, 6.45) is -2.76. The zero-order chi connectivity index (χ0) is 22.3. The van der Waals surface area contributed by atoms with Gasteiger partial charge in [0.1, 0.15) is 28.9 Å². The number of aliphatic hydroxyl groups is 2. The number of fused-ring (bicyclic) bond motifs is 1. The Labute approximate surface area is 178 Å². The molecule has 4 unspecified atom stereocenters. The van der Waals surface area contributed by atoms with E-state index in [1.165, 1.54) is 13.2 Å². The van der Waals surface area contributed by atoms with Crippen LogP contribution in [0.15, 0.2) is 24.3 Å². The van der Waals surface area contributed by atoms with Crippen molar-refractivity contribution in [2.75, 3.05) is 13.7 Å². The van der Waals surface area contributed by atoms with E-state index < -0.39 is 35.9 Å². The van der Waals surface area contributed by atoms with Crippen LogP contribution in [-0.2, 0) is 4.74 Å². The summed E-state index contributed by atoms with van der Waals surface area (Å²) in [7, 11) is 1.40. The van der Waals surface area contributed by atoms with Gasteiger partial charge in [-0.15, -0.1) is 0 Å². The van der Waals surface area contributed by atoms with Crippen LogP contribution in [-0.4, -0.2) is 57.2 Å². The van der Waals surface area contributed by atoms with E-state index in [2.05, 4.69) is 0 Å². The zero-order valence-electron chi connectivity index (χ0n) is 16.8. The monoisotopic (exact) mass is 432 g/mol. The Morgan fingerprint density at radius 3 is 2.55 bits per heavy atom. The van der Waals surface area contributed by atoms with Gasteiger partial charge in [0, 0.05) is 18.9 Å². The average Bonchev–Trinajstić information content (AvgIpc) is 2.73. The number of ketones is 1. The third-order valence-corrected chi connectivity index (χ3v) is 5.67. The van der Waals surface area contributed by atoms with Gasteiger partial charge < -0.3 is 39.7 Å². The molecule has 9 heteroatoms. The molecule has 166 valence electrons. The Bertz CT molecular complexity index is 1000. The molecule has 4 rings (SSSR count). The maximum atomic E-state index is 12.9. The second-order valence-corrected chi connectivity index (χ2v) is 7.75. The smallest absolute Gasteiger partial charge is 0.174 e. The number of Topliss-reactive ketones (excluding diaryl/α,β-unsaturated/α-hetero) is 1. The zero-order valence-corrected chi connectivity index (χ0v) is 16.8. The third kappa shape index (κ3) is 3.87. The highest BCUT2D eigenvalue weighted by atomic mass is 16.5. The van der Waals surface area contributed by atoms with Crippen LogP contribution in [0.1, 0.15) is 53.0 Å². The third-order valence-electron chi connectivity index (χ3n) is 5.67. The summed E-state index contributed by atoms with van der Waals surface area (Å²) >= 11 is 0. The van der Waals surface area contributed by atoms with Crippen molar-refractivity contribution >= 4 is 5.78 Å². The highest BCUT2D eigenvalue weighted by molar-refractivity contribution is 6.03. The van der Waals surface area contributed by atoms with Crippen molar-refractivity contribution in [3.8, 4) is 28.7 Å². The number of carbonyl (C=O) groups excluding carboxylic acids is 1. The van der Waals surface area contributed by atoms with E-state index in [0.717, 1.165) is 6.07 Å². The number of benzene rings is 2. The molecule has 0 aromatic heterocycles. The molecule has 1 saturated heterocycles. The number of phenols is 3. The minimum absolute atomic E-state index is 0.0263. The first-order valence-corrected chi connectivity index (χ1v) is 9.92. The largest absolute Gasteiger partial charge is 0.507 e. The van der Waals surface area contributed by atoms with Crippen molar-refractivity contribution < 1.29 is 44.5 Å². The molecular formula is C22H24O9. The van der Waals surface area contributed by atoms with Crippen LogP contribution in [0.4, 0.5) is 0 Å². The lowest BCUT2D eigenvalue weighted by Gasteiger charge is -2.35. The molecule has 1 fully saturated rings. The van der Waals surface area contributed by atoms with Gasteiger partial charge in [0.2, 0.25) is 0 Å². The standard InChI is InChI=1S/C22H24O9/c1-29-18-4-10(2-3-13(18)25)17-8-16(28)20-14(26)7-15(27)21(22(20)31-17)19-6-11(24)5-12(9-23)30-19/h2-4,7,11-12,17,19,23-27H,5-6,8-9H2,1H3. The van der Waals surface area contributed by atoms with Gasteiger partial charge in [0.05, 0.1) is 44.0 Å². The highest BCUT2D eigenvalue weighted by Crippen LogP contribution is 2.50. The maximum Gasteiger partial charge on any atom is 0.174 e. The van der Waals surface area contributed by atoms with E-state index in [4.69, 9.17) is 14.2 Å². The summed E-state index contributed by atoms with van der Waals surface area (Å²) in [5, 5.41) is 50.4. The molecule has 0 radical (unpaired) electrons. The second kappa shape index (κ2) is 8.26. The number of aliphatic hydroxyl groups excluding tert-OH is 2. The van der Waals surface area contributed by atoms with Gasteiger partial charge in [0.25, 0.3) is 0 Å². The van der Waals surface area contributed by atoms with E-state index in [9.17, 15) is 30.3 Å². The fourth-order valence-corrected chi connectivity index (χ4v) is 4.18. The molecule has 2 heterocycles. The summed E-state index contributed by atoms with van der Waals surface area (Å²) in [5.41, 5.74) is 0.619. The number of hydrogen-bond donors (Lipinski definition) is 5. The van der Waals surface area contributed by atoms with Gasteiger partial charge in [-0.05, 0) is 17.7 Å². The van der Waals surface area contributed by atoms with Crippen molar-refractivity contribution in [2.24, 2.45) is 0 Å². The lowest BCUT2D eigenvalue weighted by molar-refractivity contribution is -0.115. The Morgan fingerprint density at radius 1 is 1.06 bits per heavy atom. The van der Waals surface area contributed by atoms with Gasteiger partial charge in [-0.25, -0.2) is 0 Å². The number of methoxy groups -OCH3 is 1. The molecule has 4 atom stereocenters. The minimum Gasteiger partial charge on any atom is -0.507 e. The van der Waals surface area contributed by atoms with Crippen molar-refractivity contribution in [3.05, 3.63) is 41.0 Å². The van der Waals surface area contributed by atoms with Crippen molar-refractivity contribution in [1.82, 2.24) is 0 Å². The Hall–Kier alpha value is -3.01. The Kier molecular flexibility index (Phi) is 5.65. The number of phenolic OH excluding ortho intramolecular Hbond substituents is 3. The molecule has 0 bridgehead atoms. The van der Waals surface area contributed by atoms with Crippen LogP contribution in [0.2, 0.25) is 0 Å². The quantitative estimate of drug-likeness (QED) is 0.490. The first-order chi connectivity index (χ1) is 14.8. The Morgan fingerprint density at radius 2 is 1.84 bits per heavy atom. The van der Waals surface area contributed by atoms with Crippen LogP contribution in [0.3, 0.4) is 0 Å². The molecule has 0 aliphatic carbocycles. The van der Waals surface area contributed by atoms with E-state index >= 15 is 0 Å². The predicted molar refractivity (Wildman–Crippen MR) is 107 cm³/mol. The van der Waals surface area contributed by atoms with Crippen LogP contribution in [0.5, 0.6) is 28.7 Å². The molecule has 0 saturated carbocycles. The molecule has 9 nitrogen and oxygen atoms in total. The molecular weight excluding hydrogens is 408 g/mol. The SMILES string of the molecule is COc1cc(C2CC(=O)c3c(O)cc(O)c(C4CC(O)CC(CO)O4)c3O2)ccc1O. The lowest BCUT2D eigenvalue weighted by Crippen LogP contribution is -2.34. The summed E-state index contributed by atoms with van der Waals surface area (Å²) in [6, 6.07) is 5.61. The van der Waals surface area contributed by atoms with Crippen LogP contribution in [0.25, 0.3) is 0 Å². The summed E-state index contributed by atoms with van der Waals surface area (Å²) < 4.78 is 17.0. The number of carbonyl (C=O) groups is 1. The fourth-order valence-electron chi connectivity index (χ4n) is 4.18. The number of ether oxygens (including phenoxy) is 3. The van der Waals surface area contributed by atoms with Crippen molar-refractivity contribution in [3.63, 3.8) is 0 Å². The maximum absolute atomic E-state index is 12.9. The molecule has 2 aromatic carbocycles. The van der Waals surface area contributed by atoms with Gasteiger partial charge >= 0.3 is 0 Å². The minimum atomic E-state index is -0.851. The topological polar surface area (TPSA) is 146 Å².